The third kappa shape index (κ3) is 3.74. The summed E-state index contributed by atoms with van der Waals surface area (Å²) in [6.45, 7) is 5.78. The number of rotatable bonds is 4. The largest absolute Gasteiger partial charge is 0.342 e. The Hall–Kier alpha value is -1.59. The van der Waals surface area contributed by atoms with Gasteiger partial charge in [0.15, 0.2) is 5.82 Å². The zero-order valence-electron chi connectivity index (χ0n) is 11.9. The molecule has 1 unspecified atom stereocenters. The Morgan fingerprint density at radius 2 is 2.05 bits per heavy atom. The first-order chi connectivity index (χ1) is 9.88. The maximum Gasteiger partial charge on any atom is 0.253 e. The second-order valence-corrected chi connectivity index (χ2v) is 5.94. The van der Waals surface area contributed by atoms with Crippen LogP contribution in [0.15, 0.2) is 18.2 Å². The van der Waals surface area contributed by atoms with Gasteiger partial charge in [0.25, 0.3) is 5.91 Å². The number of hydrogen-bond acceptors (Lipinski definition) is 3. The Morgan fingerprint density at radius 3 is 2.57 bits per heavy atom. The summed E-state index contributed by atoms with van der Waals surface area (Å²) in [7, 11) is 0. The normalized spacial score (nSPS) is 12.5. The molecule has 112 valence electrons. The molecule has 1 heterocycles. The number of hydrogen-bond donors (Lipinski definition) is 2. The van der Waals surface area contributed by atoms with Crippen molar-refractivity contribution in [3.63, 3.8) is 0 Å². The summed E-state index contributed by atoms with van der Waals surface area (Å²) < 4.78 is 0. The van der Waals surface area contributed by atoms with Crippen LogP contribution in [-0.4, -0.2) is 21.1 Å². The third-order valence-corrected chi connectivity index (χ3v) is 3.57. The number of amides is 1. The summed E-state index contributed by atoms with van der Waals surface area (Å²) in [4.78, 5) is 16.6. The van der Waals surface area contributed by atoms with Gasteiger partial charge in [-0.05, 0) is 31.0 Å². The molecule has 5 nitrogen and oxygen atoms in total. The highest BCUT2D eigenvalue weighted by atomic mass is 35.5. The molecule has 21 heavy (non-hydrogen) atoms. The summed E-state index contributed by atoms with van der Waals surface area (Å²) in [5, 5.41) is 10.6. The predicted molar refractivity (Wildman–Crippen MR) is 82.6 cm³/mol. The first kappa shape index (κ1) is 15.8. The fourth-order valence-corrected chi connectivity index (χ4v) is 2.42. The molecule has 0 radical (unpaired) electrons. The Morgan fingerprint density at radius 1 is 1.33 bits per heavy atom. The van der Waals surface area contributed by atoms with E-state index >= 15 is 0 Å². The number of aromatic amines is 1. The van der Waals surface area contributed by atoms with Gasteiger partial charge >= 0.3 is 0 Å². The lowest BCUT2D eigenvalue weighted by atomic mass is 10.0. The van der Waals surface area contributed by atoms with Gasteiger partial charge in [0, 0.05) is 5.02 Å². The number of nitrogens with zero attached hydrogens (tertiary/aromatic N) is 2. The summed E-state index contributed by atoms with van der Waals surface area (Å²) in [5.74, 6) is 1.11. The average Bonchev–Trinajstić information content (AvgIpc) is 2.81. The van der Waals surface area contributed by atoms with E-state index in [1.165, 1.54) is 0 Å². The van der Waals surface area contributed by atoms with Crippen LogP contribution in [0.4, 0.5) is 0 Å². The molecule has 0 fully saturated rings. The van der Waals surface area contributed by atoms with E-state index in [-0.39, 0.29) is 17.9 Å². The van der Waals surface area contributed by atoms with Crippen molar-refractivity contribution in [2.24, 2.45) is 5.92 Å². The van der Waals surface area contributed by atoms with Crippen LogP contribution in [0.3, 0.4) is 0 Å². The van der Waals surface area contributed by atoms with Gasteiger partial charge in [-0.1, -0.05) is 37.0 Å². The number of aromatic nitrogens is 3. The van der Waals surface area contributed by atoms with Gasteiger partial charge in [-0.25, -0.2) is 4.98 Å². The van der Waals surface area contributed by atoms with E-state index in [2.05, 4.69) is 20.5 Å². The minimum Gasteiger partial charge on any atom is -0.342 e. The van der Waals surface area contributed by atoms with Crippen LogP contribution in [0.5, 0.6) is 0 Å². The van der Waals surface area contributed by atoms with Crippen LogP contribution in [0, 0.1) is 12.8 Å². The second-order valence-electron chi connectivity index (χ2n) is 5.10. The fraction of sp³-hybridized carbons (Fsp3) is 0.357. The molecule has 1 atom stereocenters. The Labute approximate surface area is 133 Å². The van der Waals surface area contributed by atoms with Gasteiger partial charge in [-0.15, -0.1) is 0 Å². The first-order valence-electron chi connectivity index (χ1n) is 6.53. The van der Waals surface area contributed by atoms with Gasteiger partial charge in [-0.3, -0.25) is 9.89 Å². The summed E-state index contributed by atoms with van der Waals surface area (Å²) in [6, 6.07) is 4.47. The number of nitrogens with one attached hydrogen (secondary N) is 2. The monoisotopic (exact) mass is 326 g/mol. The Bertz CT molecular complexity index is 654. The van der Waals surface area contributed by atoms with Crippen molar-refractivity contribution in [3.8, 4) is 0 Å². The molecule has 1 aromatic heterocycles. The van der Waals surface area contributed by atoms with E-state index in [4.69, 9.17) is 23.2 Å². The van der Waals surface area contributed by atoms with Crippen molar-refractivity contribution < 1.29 is 4.79 Å². The smallest absolute Gasteiger partial charge is 0.253 e. The highest BCUT2D eigenvalue weighted by molar-refractivity contribution is 6.36. The molecule has 7 heteroatoms. The van der Waals surface area contributed by atoms with Gasteiger partial charge in [-0.2, -0.15) is 5.10 Å². The molecule has 0 spiro atoms. The number of benzene rings is 1. The summed E-state index contributed by atoms with van der Waals surface area (Å²) in [6.07, 6.45) is 0. The van der Waals surface area contributed by atoms with Crippen molar-refractivity contribution in [2.45, 2.75) is 26.8 Å². The summed E-state index contributed by atoms with van der Waals surface area (Å²) >= 11 is 11.9. The quantitative estimate of drug-likeness (QED) is 0.902. The fourth-order valence-electron chi connectivity index (χ4n) is 1.92. The molecule has 1 aromatic carbocycles. The topological polar surface area (TPSA) is 70.7 Å². The van der Waals surface area contributed by atoms with Crippen LogP contribution in [0.1, 0.15) is 41.9 Å². The van der Waals surface area contributed by atoms with Crippen molar-refractivity contribution in [1.29, 1.82) is 0 Å². The Balaban J connectivity index is 2.22. The van der Waals surface area contributed by atoms with E-state index in [0.717, 1.165) is 0 Å². The highest BCUT2D eigenvalue weighted by Gasteiger charge is 2.23. The maximum absolute atomic E-state index is 12.4. The molecule has 2 N–H and O–H groups in total. The number of carbonyl (C=O) groups excluding carboxylic acids is 1. The number of carbonyl (C=O) groups is 1. The molecule has 0 aliphatic heterocycles. The van der Waals surface area contributed by atoms with Crippen LogP contribution < -0.4 is 5.32 Å². The van der Waals surface area contributed by atoms with Gasteiger partial charge < -0.3 is 5.32 Å². The maximum atomic E-state index is 12.4. The molecular weight excluding hydrogens is 311 g/mol. The molecule has 2 aromatic rings. The number of halogens is 2. The third-order valence-electron chi connectivity index (χ3n) is 3.02. The van der Waals surface area contributed by atoms with E-state index in [1.54, 1.807) is 18.2 Å². The van der Waals surface area contributed by atoms with E-state index in [9.17, 15) is 4.79 Å². The molecule has 0 aliphatic rings. The lowest BCUT2D eigenvalue weighted by Crippen LogP contribution is -2.32. The molecule has 2 rings (SSSR count). The van der Waals surface area contributed by atoms with Crippen LogP contribution in [0.2, 0.25) is 10.0 Å². The van der Waals surface area contributed by atoms with Crippen molar-refractivity contribution in [2.75, 3.05) is 0 Å². The molecule has 0 bridgehead atoms. The first-order valence-corrected chi connectivity index (χ1v) is 7.29. The van der Waals surface area contributed by atoms with Crippen molar-refractivity contribution in [3.05, 3.63) is 45.5 Å². The molecule has 1 amide bonds. The summed E-state index contributed by atoms with van der Waals surface area (Å²) in [5.41, 5.74) is 0.374. The zero-order chi connectivity index (χ0) is 15.6. The molecule has 0 saturated heterocycles. The molecule has 0 aliphatic carbocycles. The lowest BCUT2D eigenvalue weighted by molar-refractivity contribution is 0.0923. The highest BCUT2D eigenvalue weighted by Crippen LogP contribution is 2.23. The van der Waals surface area contributed by atoms with Crippen LogP contribution in [-0.2, 0) is 0 Å². The van der Waals surface area contributed by atoms with E-state index in [1.807, 2.05) is 20.8 Å². The van der Waals surface area contributed by atoms with Gasteiger partial charge in [0.2, 0.25) is 0 Å². The van der Waals surface area contributed by atoms with Gasteiger partial charge in [0.05, 0.1) is 16.6 Å². The SMILES string of the molecule is Cc1nc(C(NC(=O)c2ccc(Cl)cc2Cl)C(C)C)n[nH]1. The van der Waals surface area contributed by atoms with Crippen LogP contribution >= 0.6 is 23.2 Å². The van der Waals surface area contributed by atoms with E-state index in [0.29, 0.717) is 27.3 Å². The van der Waals surface area contributed by atoms with Crippen LogP contribution in [0.25, 0.3) is 0 Å². The standard InChI is InChI=1S/C14H16Cl2N4O/c1-7(2)12(13-17-8(3)19-20-13)18-14(21)10-5-4-9(15)6-11(10)16/h4-7,12H,1-3H3,(H,18,21)(H,17,19,20). The van der Waals surface area contributed by atoms with Crippen molar-refractivity contribution in [1.82, 2.24) is 20.5 Å². The Kier molecular flexibility index (Phi) is 4.85. The van der Waals surface area contributed by atoms with Crippen molar-refractivity contribution >= 4 is 29.1 Å². The minimum atomic E-state index is -0.297. The predicted octanol–water partition coefficient (Wildman–Crippen LogP) is 3.55. The van der Waals surface area contributed by atoms with E-state index < -0.39 is 0 Å². The number of H-pyrrole nitrogens is 1. The number of aryl methyl sites for hydroxylation is 1. The second kappa shape index (κ2) is 6.45. The zero-order valence-corrected chi connectivity index (χ0v) is 13.5. The molecule has 0 saturated carbocycles. The average molecular weight is 327 g/mol. The minimum absolute atomic E-state index is 0.134. The van der Waals surface area contributed by atoms with Gasteiger partial charge in [0.1, 0.15) is 5.82 Å². The lowest BCUT2D eigenvalue weighted by Gasteiger charge is -2.19. The molecular formula is C14H16Cl2N4O.